The molecule has 3 heterocycles. The topological polar surface area (TPSA) is 53.0 Å². The molecule has 0 aliphatic carbocycles. The molecule has 1 spiro atoms. The first kappa shape index (κ1) is 23.9. The first-order valence-electron chi connectivity index (χ1n) is 13.0. The second-order valence-corrected chi connectivity index (χ2v) is 11.4. The number of piperidine rings is 2. The number of aliphatic hydroxyl groups excluding tert-OH is 1. The zero-order chi connectivity index (χ0) is 24.6. The van der Waals surface area contributed by atoms with Crippen LogP contribution in [-0.4, -0.2) is 52.6 Å². The third kappa shape index (κ3) is 5.11. The van der Waals surface area contributed by atoms with Gasteiger partial charge in [-0.25, -0.2) is 0 Å². The molecule has 3 aliphatic rings. The number of para-hydroxylation sites is 1. The lowest BCUT2D eigenvalue weighted by Crippen LogP contribution is -2.48. The fourth-order valence-corrected chi connectivity index (χ4v) is 6.19. The molecule has 0 atom stereocenters. The summed E-state index contributed by atoms with van der Waals surface area (Å²) in [6.07, 6.45) is 5.82. The van der Waals surface area contributed by atoms with Gasteiger partial charge in [0.25, 0.3) is 5.91 Å². The number of fused-ring (bicyclic) bond motifs is 1. The largest absolute Gasteiger partial charge is 0.513 e. The van der Waals surface area contributed by atoms with Crippen LogP contribution < -0.4 is 4.74 Å². The molecule has 5 heteroatoms. The highest BCUT2D eigenvalue weighted by Gasteiger charge is 2.39. The zero-order valence-electron chi connectivity index (χ0n) is 21.2. The maximum absolute atomic E-state index is 13.3. The molecule has 0 saturated carbocycles. The van der Waals surface area contributed by atoms with Crippen molar-refractivity contribution in [2.75, 3.05) is 26.2 Å². The van der Waals surface area contributed by atoms with Crippen LogP contribution in [0.15, 0.2) is 54.8 Å². The Balaban J connectivity index is 1.17. The molecule has 5 rings (SSSR count). The molecule has 5 nitrogen and oxygen atoms in total. The van der Waals surface area contributed by atoms with Crippen LogP contribution >= 0.6 is 0 Å². The molecule has 0 aromatic heterocycles. The Morgan fingerprint density at radius 2 is 1.63 bits per heavy atom. The predicted molar refractivity (Wildman–Crippen MR) is 139 cm³/mol. The minimum Gasteiger partial charge on any atom is -0.513 e. The van der Waals surface area contributed by atoms with Gasteiger partial charge in [0.15, 0.2) is 0 Å². The summed E-state index contributed by atoms with van der Waals surface area (Å²) >= 11 is 0. The number of benzene rings is 2. The lowest BCUT2D eigenvalue weighted by Gasteiger charge is -2.47. The van der Waals surface area contributed by atoms with E-state index in [1.807, 2.05) is 29.2 Å². The van der Waals surface area contributed by atoms with E-state index in [9.17, 15) is 9.90 Å². The Morgan fingerprint density at radius 3 is 2.34 bits per heavy atom. The SMILES string of the molecule is C=C(O)Cc1ccccc1C(=O)N1CCC2(CCN(Cc3cccc4c3OC(C)(C)C4)CC2)CC1. The molecular weight excluding hydrogens is 436 g/mol. The van der Waals surface area contributed by atoms with Gasteiger partial charge in [0.2, 0.25) is 0 Å². The Morgan fingerprint density at radius 1 is 0.971 bits per heavy atom. The Hall–Kier alpha value is -2.79. The highest BCUT2D eigenvalue weighted by Crippen LogP contribution is 2.43. The van der Waals surface area contributed by atoms with Crippen molar-refractivity contribution in [1.82, 2.24) is 9.80 Å². The van der Waals surface area contributed by atoms with Crippen molar-refractivity contribution in [3.63, 3.8) is 0 Å². The molecule has 2 aromatic rings. The summed E-state index contributed by atoms with van der Waals surface area (Å²) in [5.41, 5.74) is 4.43. The summed E-state index contributed by atoms with van der Waals surface area (Å²) in [4.78, 5) is 17.8. The van der Waals surface area contributed by atoms with Crippen LogP contribution in [0.25, 0.3) is 0 Å². The molecular formula is C30H38N2O3. The summed E-state index contributed by atoms with van der Waals surface area (Å²) < 4.78 is 6.29. The van der Waals surface area contributed by atoms with Gasteiger partial charge in [0.1, 0.15) is 11.4 Å². The second kappa shape index (κ2) is 9.34. The number of hydrogen-bond donors (Lipinski definition) is 1. The predicted octanol–water partition coefficient (Wildman–Crippen LogP) is 5.53. The number of amides is 1. The van der Waals surface area contributed by atoms with E-state index < -0.39 is 0 Å². The average molecular weight is 475 g/mol. The molecule has 3 aliphatic heterocycles. The van der Waals surface area contributed by atoms with Gasteiger partial charge in [-0.2, -0.15) is 0 Å². The minimum atomic E-state index is -0.109. The minimum absolute atomic E-state index is 0.0787. The lowest BCUT2D eigenvalue weighted by atomic mass is 9.71. The fourth-order valence-electron chi connectivity index (χ4n) is 6.19. The summed E-state index contributed by atoms with van der Waals surface area (Å²) in [7, 11) is 0. The highest BCUT2D eigenvalue weighted by molar-refractivity contribution is 5.95. The van der Waals surface area contributed by atoms with Gasteiger partial charge >= 0.3 is 0 Å². The molecule has 1 N–H and O–H groups in total. The van der Waals surface area contributed by atoms with Gasteiger partial charge < -0.3 is 14.7 Å². The van der Waals surface area contributed by atoms with E-state index in [4.69, 9.17) is 4.74 Å². The van der Waals surface area contributed by atoms with E-state index in [-0.39, 0.29) is 17.3 Å². The summed E-state index contributed by atoms with van der Waals surface area (Å²) in [5, 5.41) is 9.64. The van der Waals surface area contributed by atoms with E-state index in [1.54, 1.807) is 0 Å². The molecule has 2 saturated heterocycles. The van der Waals surface area contributed by atoms with Crippen LogP contribution in [0.3, 0.4) is 0 Å². The number of nitrogens with zero attached hydrogens (tertiary/aromatic N) is 2. The Kier molecular flexibility index (Phi) is 6.39. The van der Waals surface area contributed by atoms with Crippen molar-refractivity contribution in [1.29, 1.82) is 0 Å². The number of rotatable bonds is 5. The molecule has 0 bridgehead atoms. The van der Waals surface area contributed by atoms with Crippen LogP contribution in [0, 0.1) is 5.41 Å². The normalized spacial score (nSPS) is 20.9. The summed E-state index contributed by atoms with van der Waals surface area (Å²) in [5.74, 6) is 1.27. The van der Waals surface area contributed by atoms with Gasteiger partial charge in [-0.3, -0.25) is 9.69 Å². The molecule has 2 fully saturated rings. The van der Waals surface area contributed by atoms with Gasteiger partial charge in [-0.1, -0.05) is 43.0 Å². The van der Waals surface area contributed by atoms with Crippen molar-refractivity contribution in [2.24, 2.45) is 5.41 Å². The molecule has 0 radical (unpaired) electrons. The van der Waals surface area contributed by atoms with Crippen molar-refractivity contribution in [3.8, 4) is 5.75 Å². The molecule has 2 aromatic carbocycles. The van der Waals surface area contributed by atoms with E-state index in [1.165, 1.54) is 24.0 Å². The summed E-state index contributed by atoms with van der Waals surface area (Å²) in [6.45, 7) is 12.7. The number of likely N-dealkylation sites (tertiary alicyclic amines) is 2. The summed E-state index contributed by atoms with van der Waals surface area (Å²) in [6, 6.07) is 14.2. The molecule has 0 unspecified atom stereocenters. The van der Waals surface area contributed by atoms with Gasteiger partial charge in [-0.05, 0) is 75.2 Å². The number of hydrogen-bond acceptors (Lipinski definition) is 4. The molecule has 1 amide bonds. The van der Waals surface area contributed by atoms with E-state index in [0.29, 0.717) is 17.4 Å². The standard InChI is InChI=1S/C30H38N2O3/c1-22(33)19-23-7-4-5-10-26(23)28(34)32-17-13-30(14-18-32)11-15-31(16-12-30)21-25-9-6-8-24-20-29(2,3)35-27(24)25/h4-10,33H,1,11-21H2,2-3H3. The first-order valence-corrected chi connectivity index (χ1v) is 13.0. The van der Waals surface area contributed by atoms with Crippen LogP contribution in [0.2, 0.25) is 0 Å². The number of aliphatic hydroxyl groups is 1. The second-order valence-electron chi connectivity index (χ2n) is 11.4. The third-order valence-electron chi connectivity index (χ3n) is 8.24. The maximum Gasteiger partial charge on any atom is 0.254 e. The van der Waals surface area contributed by atoms with Crippen molar-refractivity contribution in [3.05, 3.63) is 77.1 Å². The average Bonchev–Trinajstić information content (AvgIpc) is 3.16. The van der Waals surface area contributed by atoms with Crippen molar-refractivity contribution >= 4 is 5.91 Å². The third-order valence-corrected chi connectivity index (χ3v) is 8.24. The quantitative estimate of drug-likeness (QED) is 0.579. The highest BCUT2D eigenvalue weighted by atomic mass is 16.5. The number of carbonyl (C=O) groups is 1. The Bertz CT molecular complexity index is 1100. The molecule has 35 heavy (non-hydrogen) atoms. The first-order chi connectivity index (χ1) is 16.7. The van der Waals surface area contributed by atoms with Gasteiger partial charge in [0, 0.05) is 43.6 Å². The Labute approximate surface area is 209 Å². The number of carbonyl (C=O) groups excluding carboxylic acids is 1. The van der Waals surface area contributed by atoms with Crippen molar-refractivity contribution in [2.45, 2.75) is 64.5 Å². The number of ether oxygens (including phenoxy) is 1. The van der Waals surface area contributed by atoms with Crippen LogP contribution in [0.1, 0.15) is 66.6 Å². The number of allylic oxidation sites excluding steroid dienone is 1. The van der Waals surface area contributed by atoms with E-state index in [0.717, 1.165) is 63.3 Å². The van der Waals surface area contributed by atoms with Crippen LogP contribution in [-0.2, 0) is 19.4 Å². The molecule has 186 valence electrons. The smallest absolute Gasteiger partial charge is 0.254 e. The van der Waals surface area contributed by atoms with Crippen LogP contribution in [0.5, 0.6) is 5.75 Å². The van der Waals surface area contributed by atoms with Crippen molar-refractivity contribution < 1.29 is 14.6 Å². The van der Waals surface area contributed by atoms with Gasteiger partial charge in [-0.15, -0.1) is 0 Å². The fraction of sp³-hybridized carbons (Fsp3) is 0.500. The maximum atomic E-state index is 13.3. The van der Waals surface area contributed by atoms with E-state index >= 15 is 0 Å². The van der Waals surface area contributed by atoms with Crippen LogP contribution in [0.4, 0.5) is 0 Å². The van der Waals surface area contributed by atoms with Gasteiger partial charge in [0.05, 0.1) is 5.76 Å². The monoisotopic (exact) mass is 474 g/mol. The zero-order valence-corrected chi connectivity index (χ0v) is 21.2. The lowest BCUT2D eigenvalue weighted by molar-refractivity contribution is 0.0281. The van der Waals surface area contributed by atoms with E-state index in [2.05, 4.69) is 43.5 Å².